The van der Waals surface area contributed by atoms with E-state index >= 15 is 0 Å². The second-order valence-electron chi connectivity index (χ2n) is 5.51. The third-order valence-corrected chi connectivity index (χ3v) is 5.28. The lowest BCUT2D eigenvalue weighted by Gasteiger charge is -2.36. The molecule has 1 aliphatic rings. The topological polar surface area (TPSA) is 20.2 Å². The summed E-state index contributed by atoms with van der Waals surface area (Å²) in [5.41, 5.74) is -0.612. The Balaban J connectivity index is 2.12. The molecule has 0 radical (unpaired) electrons. The Bertz CT molecular complexity index is 345. The molecule has 1 N–H and O–H groups in total. The Labute approximate surface area is 103 Å². The number of thiophene rings is 1. The molecule has 1 aliphatic carbocycles. The average Bonchev–Trinajstić information content (AvgIpc) is 2.66. The lowest BCUT2D eigenvalue weighted by Crippen LogP contribution is -2.33. The van der Waals surface area contributed by atoms with Crippen LogP contribution in [-0.4, -0.2) is 5.11 Å². The number of hydrogen-bond donors (Lipinski definition) is 1. The zero-order valence-corrected chi connectivity index (χ0v) is 11.3. The molecule has 1 saturated carbocycles. The molecule has 16 heavy (non-hydrogen) atoms. The Morgan fingerprint density at radius 3 is 2.38 bits per heavy atom. The van der Waals surface area contributed by atoms with Crippen LogP contribution in [0.15, 0.2) is 12.1 Å². The molecule has 2 rings (SSSR count). The van der Waals surface area contributed by atoms with Crippen molar-refractivity contribution in [2.45, 2.75) is 52.1 Å². The average molecular weight is 238 g/mol. The van der Waals surface area contributed by atoms with E-state index in [-0.39, 0.29) is 0 Å². The van der Waals surface area contributed by atoms with Crippen LogP contribution in [0.4, 0.5) is 0 Å². The molecule has 2 heteroatoms. The van der Waals surface area contributed by atoms with Gasteiger partial charge in [0.15, 0.2) is 0 Å². The third-order valence-electron chi connectivity index (χ3n) is 4.05. The quantitative estimate of drug-likeness (QED) is 0.822. The molecular formula is C14H22OS. The monoisotopic (exact) mass is 238 g/mol. The molecule has 0 bridgehead atoms. The molecule has 1 aromatic rings. The number of aryl methyl sites for hydroxylation is 1. The SMILES string of the molecule is Cc1ccc(C(C)(O)C2CCC(C)CC2)s1. The van der Waals surface area contributed by atoms with Gasteiger partial charge in [0.2, 0.25) is 0 Å². The van der Waals surface area contributed by atoms with Gasteiger partial charge in [-0.2, -0.15) is 0 Å². The molecule has 1 nitrogen and oxygen atoms in total. The van der Waals surface area contributed by atoms with Crippen LogP contribution in [0.1, 0.15) is 49.3 Å². The summed E-state index contributed by atoms with van der Waals surface area (Å²) in [7, 11) is 0. The van der Waals surface area contributed by atoms with Crippen LogP contribution in [0.25, 0.3) is 0 Å². The van der Waals surface area contributed by atoms with Gasteiger partial charge in [-0.15, -0.1) is 11.3 Å². The molecule has 90 valence electrons. The highest BCUT2D eigenvalue weighted by Crippen LogP contribution is 2.42. The van der Waals surface area contributed by atoms with Gasteiger partial charge in [0.1, 0.15) is 0 Å². The second-order valence-corrected chi connectivity index (χ2v) is 6.80. The fourth-order valence-electron chi connectivity index (χ4n) is 2.73. The van der Waals surface area contributed by atoms with E-state index in [9.17, 15) is 5.11 Å². The second kappa shape index (κ2) is 4.50. The van der Waals surface area contributed by atoms with Crippen molar-refractivity contribution in [2.24, 2.45) is 11.8 Å². The van der Waals surface area contributed by atoms with Crippen LogP contribution in [-0.2, 0) is 5.60 Å². The number of rotatable bonds is 2. The highest BCUT2D eigenvalue weighted by molar-refractivity contribution is 7.12. The summed E-state index contributed by atoms with van der Waals surface area (Å²) < 4.78 is 0. The Hall–Kier alpha value is -0.340. The normalized spacial score (nSPS) is 30.0. The highest BCUT2D eigenvalue weighted by Gasteiger charge is 2.36. The van der Waals surface area contributed by atoms with Gasteiger partial charge < -0.3 is 5.11 Å². The van der Waals surface area contributed by atoms with E-state index in [0.717, 1.165) is 10.8 Å². The molecule has 0 amide bonds. The third kappa shape index (κ3) is 2.33. The van der Waals surface area contributed by atoms with Crippen molar-refractivity contribution in [1.82, 2.24) is 0 Å². The Morgan fingerprint density at radius 1 is 1.25 bits per heavy atom. The van der Waals surface area contributed by atoms with Crippen LogP contribution in [0.2, 0.25) is 0 Å². The molecule has 1 heterocycles. The van der Waals surface area contributed by atoms with Crippen LogP contribution in [0, 0.1) is 18.8 Å². The Morgan fingerprint density at radius 2 is 1.88 bits per heavy atom. The summed E-state index contributed by atoms with van der Waals surface area (Å²) in [6.07, 6.45) is 4.88. The first-order valence-corrected chi connectivity index (χ1v) is 7.11. The van der Waals surface area contributed by atoms with E-state index in [2.05, 4.69) is 26.0 Å². The molecular weight excluding hydrogens is 216 g/mol. The van der Waals surface area contributed by atoms with E-state index in [4.69, 9.17) is 0 Å². The fourth-order valence-corrected chi connectivity index (χ4v) is 3.72. The largest absolute Gasteiger partial charge is 0.384 e. The summed E-state index contributed by atoms with van der Waals surface area (Å²) in [6, 6.07) is 4.21. The standard InChI is InChI=1S/C14H22OS/c1-10-4-7-12(8-5-10)14(3,15)13-9-6-11(2)16-13/h6,9-10,12,15H,4-5,7-8H2,1-3H3. The summed E-state index contributed by atoms with van der Waals surface area (Å²) in [5.74, 6) is 1.29. The summed E-state index contributed by atoms with van der Waals surface area (Å²) >= 11 is 1.74. The first-order chi connectivity index (χ1) is 7.50. The van der Waals surface area contributed by atoms with Crippen molar-refractivity contribution in [2.75, 3.05) is 0 Å². The van der Waals surface area contributed by atoms with Crippen LogP contribution >= 0.6 is 11.3 Å². The van der Waals surface area contributed by atoms with Gasteiger partial charge in [-0.3, -0.25) is 0 Å². The minimum absolute atomic E-state index is 0.446. The summed E-state index contributed by atoms with van der Waals surface area (Å²) in [4.78, 5) is 2.43. The first-order valence-electron chi connectivity index (χ1n) is 6.29. The maximum atomic E-state index is 10.7. The van der Waals surface area contributed by atoms with E-state index < -0.39 is 5.60 Å². The molecule has 1 atom stereocenters. The predicted octanol–water partition coefficient (Wildman–Crippen LogP) is 4.09. The van der Waals surface area contributed by atoms with Gasteiger partial charge in [0.25, 0.3) is 0 Å². The van der Waals surface area contributed by atoms with Crippen molar-refractivity contribution >= 4 is 11.3 Å². The minimum Gasteiger partial charge on any atom is -0.384 e. The maximum absolute atomic E-state index is 10.7. The zero-order chi connectivity index (χ0) is 11.8. The van der Waals surface area contributed by atoms with Crippen molar-refractivity contribution in [3.63, 3.8) is 0 Å². The van der Waals surface area contributed by atoms with Crippen molar-refractivity contribution in [3.8, 4) is 0 Å². The molecule has 0 aliphatic heterocycles. The number of hydrogen-bond acceptors (Lipinski definition) is 2. The lowest BCUT2D eigenvalue weighted by atomic mass is 9.74. The summed E-state index contributed by atoms with van der Waals surface area (Å²) in [5, 5.41) is 10.7. The lowest BCUT2D eigenvalue weighted by molar-refractivity contribution is -0.0233. The molecule has 0 spiro atoms. The van der Waals surface area contributed by atoms with E-state index in [0.29, 0.717) is 5.92 Å². The van der Waals surface area contributed by atoms with Gasteiger partial charge in [0, 0.05) is 9.75 Å². The van der Waals surface area contributed by atoms with E-state index in [1.165, 1.54) is 30.6 Å². The molecule has 1 aromatic heterocycles. The van der Waals surface area contributed by atoms with Crippen molar-refractivity contribution < 1.29 is 5.11 Å². The van der Waals surface area contributed by atoms with Gasteiger partial charge in [0.05, 0.1) is 5.60 Å². The summed E-state index contributed by atoms with van der Waals surface area (Å²) in [6.45, 7) is 6.42. The fraction of sp³-hybridized carbons (Fsp3) is 0.714. The molecule has 1 fully saturated rings. The Kier molecular flexibility index (Phi) is 3.41. The molecule has 1 unspecified atom stereocenters. The van der Waals surface area contributed by atoms with Gasteiger partial charge in [-0.25, -0.2) is 0 Å². The van der Waals surface area contributed by atoms with Crippen LogP contribution in [0.3, 0.4) is 0 Å². The highest BCUT2D eigenvalue weighted by atomic mass is 32.1. The van der Waals surface area contributed by atoms with Gasteiger partial charge in [-0.05, 0) is 50.7 Å². The predicted molar refractivity (Wildman–Crippen MR) is 69.7 cm³/mol. The van der Waals surface area contributed by atoms with E-state index in [1.54, 1.807) is 11.3 Å². The zero-order valence-electron chi connectivity index (χ0n) is 10.5. The maximum Gasteiger partial charge on any atom is 0.0987 e. The number of aliphatic hydroxyl groups is 1. The van der Waals surface area contributed by atoms with Gasteiger partial charge in [-0.1, -0.05) is 19.8 Å². The van der Waals surface area contributed by atoms with Crippen LogP contribution in [0.5, 0.6) is 0 Å². The van der Waals surface area contributed by atoms with E-state index in [1.807, 2.05) is 6.92 Å². The van der Waals surface area contributed by atoms with Gasteiger partial charge >= 0.3 is 0 Å². The van der Waals surface area contributed by atoms with Crippen LogP contribution < -0.4 is 0 Å². The van der Waals surface area contributed by atoms with Crippen molar-refractivity contribution in [1.29, 1.82) is 0 Å². The first kappa shape index (κ1) is 12.1. The smallest absolute Gasteiger partial charge is 0.0987 e. The minimum atomic E-state index is -0.612. The van der Waals surface area contributed by atoms with Crippen molar-refractivity contribution in [3.05, 3.63) is 21.9 Å². The molecule has 0 aromatic carbocycles. The molecule has 0 saturated heterocycles.